The van der Waals surface area contributed by atoms with Crippen LogP contribution in [0.2, 0.25) is 0 Å². The maximum Gasteiger partial charge on any atom is 0.303 e. The Bertz CT molecular complexity index is 1160. The SMILES string of the molecule is CC(=O)OC1C[N+]2(CC(=O)c3ccccc3)CCC1CC2.Cc1cccc(C)c1Nc1ccccc1.[Br-]. The molecule has 1 N–H and O–H groups in total. The predicted octanol–water partition coefficient (Wildman–Crippen LogP) is 3.09. The average molecular weight is 566 g/mol. The number of hydrogen-bond donors (Lipinski definition) is 1. The lowest BCUT2D eigenvalue weighted by molar-refractivity contribution is -0.938. The lowest BCUT2D eigenvalue weighted by Crippen LogP contribution is -3.00. The van der Waals surface area contributed by atoms with E-state index in [1.165, 1.54) is 23.7 Å². The van der Waals surface area contributed by atoms with E-state index in [-0.39, 0.29) is 34.8 Å². The fraction of sp³-hybridized carbons (Fsp3) is 0.355. The molecule has 3 aliphatic rings. The molecular formula is C31H37BrN2O3. The van der Waals surface area contributed by atoms with Crippen LogP contribution in [0.4, 0.5) is 11.4 Å². The third-order valence-corrected chi connectivity index (χ3v) is 7.46. The zero-order valence-corrected chi connectivity index (χ0v) is 23.5. The summed E-state index contributed by atoms with van der Waals surface area (Å²) < 4.78 is 6.25. The number of anilines is 2. The maximum absolute atomic E-state index is 12.5. The average Bonchev–Trinajstić information content (AvgIpc) is 2.88. The van der Waals surface area contributed by atoms with Gasteiger partial charge >= 0.3 is 5.97 Å². The van der Waals surface area contributed by atoms with Crippen molar-refractivity contribution in [2.24, 2.45) is 5.92 Å². The van der Waals surface area contributed by atoms with Crippen LogP contribution in [-0.2, 0) is 9.53 Å². The molecule has 0 spiro atoms. The number of Topliss-reactive ketones (excluding diaryl/α,β-unsaturated/α-hetero) is 1. The number of nitrogens with one attached hydrogen (secondary N) is 1. The Hall–Kier alpha value is -2.96. The molecule has 3 aromatic carbocycles. The number of nitrogens with zero attached hydrogens (tertiary/aromatic N) is 1. The van der Waals surface area contributed by atoms with Gasteiger partial charge in [0.2, 0.25) is 5.78 Å². The first kappa shape index (κ1) is 28.6. The Kier molecular flexibility index (Phi) is 10.1. The zero-order chi connectivity index (χ0) is 25.5. The molecule has 6 heteroatoms. The second-order valence-corrected chi connectivity index (χ2v) is 10.2. The summed E-state index contributed by atoms with van der Waals surface area (Å²) in [7, 11) is 0. The summed E-state index contributed by atoms with van der Waals surface area (Å²) in [5.74, 6) is 0.472. The number of benzene rings is 3. The van der Waals surface area contributed by atoms with E-state index in [9.17, 15) is 9.59 Å². The first-order valence-electron chi connectivity index (χ1n) is 12.8. The van der Waals surface area contributed by atoms with Gasteiger partial charge in [0, 0.05) is 42.6 Å². The Labute approximate surface area is 231 Å². The van der Waals surface area contributed by atoms with Crippen molar-refractivity contribution >= 4 is 23.1 Å². The van der Waals surface area contributed by atoms with Crippen LogP contribution in [0.25, 0.3) is 0 Å². The molecule has 6 rings (SSSR count). The Morgan fingerprint density at radius 1 is 0.865 bits per heavy atom. The third kappa shape index (κ3) is 7.53. The molecule has 2 bridgehead atoms. The first-order chi connectivity index (χ1) is 17.3. The van der Waals surface area contributed by atoms with Crippen LogP contribution >= 0.6 is 0 Å². The van der Waals surface area contributed by atoms with E-state index in [0.717, 1.165) is 48.2 Å². The Balaban J connectivity index is 0.000000211. The second kappa shape index (κ2) is 13.0. The van der Waals surface area contributed by atoms with Crippen molar-refractivity contribution in [3.05, 3.63) is 95.6 Å². The van der Waals surface area contributed by atoms with Crippen LogP contribution in [0, 0.1) is 19.8 Å². The highest BCUT2D eigenvalue weighted by Crippen LogP contribution is 2.35. The molecule has 1 unspecified atom stereocenters. The molecule has 3 heterocycles. The number of piperidine rings is 3. The monoisotopic (exact) mass is 564 g/mol. The number of esters is 1. The molecule has 0 aromatic heterocycles. The summed E-state index contributed by atoms with van der Waals surface area (Å²) >= 11 is 0. The molecule has 0 saturated carbocycles. The van der Waals surface area contributed by atoms with Crippen molar-refractivity contribution in [3.63, 3.8) is 0 Å². The number of carbonyl (C=O) groups is 2. The van der Waals surface area contributed by atoms with Crippen molar-refractivity contribution in [2.75, 3.05) is 31.5 Å². The summed E-state index contributed by atoms with van der Waals surface area (Å²) in [5.41, 5.74) is 5.68. The van der Waals surface area contributed by atoms with Gasteiger partial charge in [-0.25, -0.2) is 0 Å². The molecule has 0 radical (unpaired) electrons. The molecule has 3 aromatic rings. The number of ketones is 1. The molecular weight excluding hydrogens is 528 g/mol. The summed E-state index contributed by atoms with van der Waals surface area (Å²) in [4.78, 5) is 23.7. The minimum Gasteiger partial charge on any atom is -1.00 e. The quantitative estimate of drug-likeness (QED) is 0.284. The summed E-state index contributed by atoms with van der Waals surface area (Å²) in [6.07, 6.45) is 2.11. The first-order valence-corrected chi connectivity index (χ1v) is 12.8. The lowest BCUT2D eigenvalue weighted by Gasteiger charge is -2.51. The van der Waals surface area contributed by atoms with Gasteiger partial charge in [-0.15, -0.1) is 0 Å². The van der Waals surface area contributed by atoms with Crippen LogP contribution in [0.5, 0.6) is 0 Å². The van der Waals surface area contributed by atoms with Gasteiger partial charge in [0.05, 0.1) is 13.1 Å². The van der Waals surface area contributed by atoms with E-state index < -0.39 is 0 Å². The molecule has 5 nitrogen and oxygen atoms in total. The molecule has 3 fully saturated rings. The van der Waals surface area contributed by atoms with Crippen molar-refractivity contribution in [1.29, 1.82) is 0 Å². The highest BCUT2D eigenvalue weighted by atomic mass is 79.9. The number of ether oxygens (including phenoxy) is 1. The maximum atomic E-state index is 12.5. The molecule has 1 atom stereocenters. The van der Waals surface area contributed by atoms with E-state index in [4.69, 9.17) is 4.74 Å². The van der Waals surface area contributed by atoms with Gasteiger partial charge in [-0.2, -0.15) is 0 Å². The van der Waals surface area contributed by atoms with Crippen LogP contribution < -0.4 is 22.3 Å². The van der Waals surface area contributed by atoms with Crippen molar-refractivity contribution in [1.82, 2.24) is 0 Å². The number of halogens is 1. The number of carbonyl (C=O) groups excluding carboxylic acids is 2. The van der Waals surface area contributed by atoms with Gasteiger partial charge in [-0.3, -0.25) is 9.59 Å². The molecule has 0 amide bonds. The third-order valence-electron chi connectivity index (χ3n) is 7.46. The van der Waals surface area contributed by atoms with E-state index >= 15 is 0 Å². The smallest absolute Gasteiger partial charge is 0.303 e. The number of hydrogen-bond acceptors (Lipinski definition) is 4. The minimum atomic E-state index is -0.207. The van der Waals surface area contributed by atoms with E-state index in [2.05, 4.69) is 49.5 Å². The number of aryl methyl sites for hydroxylation is 2. The lowest BCUT2D eigenvalue weighted by atomic mass is 9.83. The molecule has 3 saturated heterocycles. The van der Waals surface area contributed by atoms with Crippen LogP contribution in [0.15, 0.2) is 78.9 Å². The number of para-hydroxylation sites is 2. The second-order valence-electron chi connectivity index (χ2n) is 10.2. The highest BCUT2D eigenvalue weighted by molar-refractivity contribution is 5.96. The fourth-order valence-corrected chi connectivity index (χ4v) is 5.49. The summed E-state index contributed by atoms with van der Waals surface area (Å²) in [6.45, 7) is 9.09. The van der Waals surface area contributed by atoms with Gasteiger partial charge in [-0.05, 0) is 37.1 Å². The van der Waals surface area contributed by atoms with Crippen molar-refractivity contribution < 1.29 is 35.8 Å². The zero-order valence-electron chi connectivity index (χ0n) is 22.0. The number of fused-ring (bicyclic) bond motifs is 3. The minimum absolute atomic E-state index is 0. The molecule has 3 aliphatic heterocycles. The number of quaternary nitrogens is 1. The molecule has 0 aliphatic carbocycles. The largest absolute Gasteiger partial charge is 1.00 e. The van der Waals surface area contributed by atoms with Crippen LogP contribution in [0.3, 0.4) is 0 Å². The van der Waals surface area contributed by atoms with Gasteiger partial charge < -0.3 is 31.5 Å². The summed E-state index contributed by atoms with van der Waals surface area (Å²) in [6, 6.07) is 26.1. The van der Waals surface area contributed by atoms with Gasteiger partial charge in [0.1, 0.15) is 13.1 Å². The number of rotatable bonds is 6. The fourth-order valence-electron chi connectivity index (χ4n) is 5.49. The van der Waals surface area contributed by atoms with Gasteiger partial charge in [-0.1, -0.05) is 66.7 Å². The topological polar surface area (TPSA) is 55.4 Å². The standard InChI is InChI=1S/C17H22NO3.C14H15N.BrH/c1-13(19)21-17-12-18(9-7-15(17)8-10-18)11-16(20)14-5-3-2-4-6-14;1-11-7-6-8-12(2)14(11)15-13-9-4-3-5-10-13;/h2-6,15,17H,7-12H2,1H3;3-10,15H,1-2H3;1H/q+1;;/p-1. The van der Waals surface area contributed by atoms with E-state index in [0.29, 0.717) is 12.5 Å². The van der Waals surface area contributed by atoms with E-state index in [1.54, 1.807) is 0 Å². The molecule has 196 valence electrons. The van der Waals surface area contributed by atoms with Crippen molar-refractivity contribution in [2.45, 2.75) is 39.7 Å². The van der Waals surface area contributed by atoms with E-state index in [1.807, 2.05) is 48.5 Å². The highest BCUT2D eigenvalue weighted by Gasteiger charge is 2.48. The Morgan fingerprint density at radius 3 is 2.00 bits per heavy atom. The van der Waals surface area contributed by atoms with Crippen LogP contribution in [0.1, 0.15) is 41.3 Å². The molecule has 37 heavy (non-hydrogen) atoms. The van der Waals surface area contributed by atoms with Crippen molar-refractivity contribution in [3.8, 4) is 0 Å². The summed E-state index contributed by atoms with van der Waals surface area (Å²) in [5, 5.41) is 3.44. The van der Waals surface area contributed by atoms with Gasteiger partial charge in [0.15, 0.2) is 6.10 Å². The van der Waals surface area contributed by atoms with Crippen LogP contribution in [-0.4, -0.2) is 48.5 Å². The Morgan fingerprint density at radius 2 is 1.43 bits per heavy atom. The normalized spacial score (nSPS) is 21.6. The predicted molar refractivity (Wildman–Crippen MR) is 144 cm³/mol. The van der Waals surface area contributed by atoms with Gasteiger partial charge in [0.25, 0.3) is 0 Å².